The molecule has 0 radical (unpaired) electrons. The number of carbonyl (C=O) groups excluding carboxylic acids is 2. The molecule has 2 rings (SSSR count). The van der Waals surface area contributed by atoms with Gasteiger partial charge in [-0.1, -0.05) is 0 Å². The normalized spacial score (nSPS) is 14.8. The standard InChI is InChI=1S/C16H23N3O2/c1-12(20)14-6-5-13(11-15(14)17)18-8-7-16(21)19-9-3-2-4-10-19/h5-6,11,18H,2-4,7-10,17H2,1H3. The van der Waals surface area contributed by atoms with Gasteiger partial charge in [-0.2, -0.15) is 0 Å². The van der Waals surface area contributed by atoms with E-state index in [9.17, 15) is 9.59 Å². The van der Waals surface area contributed by atoms with E-state index in [-0.39, 0.29) is 11.7 Å². The number of amides is 1. The molecular weight excluding hydrogens is 266 g/mol. The molecule has 1 fully saturated rings. The van der Waals surface area contributed by atoms with Gasteiger partial charge in [0.2, 0.25) is 5.91 Å². The highest BCUT2D eigenvalue weighted by Gasteiger charge is 2.15. The second-order valence-electron chi connectivity index (χ2n) is 5.48. The van der Waals surface area contributed by atoms with Gasteiger partial charge in [0.05, 0.1) is 0 Å². The molecule has 1 aromatic carbocycles. The lowest BCUT2D eigenvalue weighted by molar-refractivity contribution is -0.131. The van der Waals surface area contributed by atoms with Gasteiger partial charge < -0.3 is 16.0 Å². The highest BCUT2D eigenvalue weighted by molar-refractivity contribution is 5.99. The summed E-state index contributed by atoms with van der Waals surface area (Å²) >= 11 is 0. The van der Waals surface area contributed by atoms with Crippen molar-refractivity contribution in [1.29, 1.82) is 0 Å². The molecule has 114 valence electrons. The van der Waals surface area contributed by atoms with Gasteiger partial charge in [-0.15, -0.1) is 0 Å². The van der Waals surface area contributed by atoms with Gasteiger partial charge in [-0.05, 0) is 44.4 Å². The third-order valence-electron chi connectivity index (χ3n) is 3.81. The second-order valence-corrected chi connectivity index (χ2v) is 5.48. The van der Waals surface area contributed by atoms with Gasteiger partial charge in [0.25, 0.3) is 0 Å². The van der Waals surface area contributed by atoms with Crippen molar-refractivity contribution in [2.75, 3.05) is 30.7 Å². The number of anilines is 2. The maximum Gasteiger partial charge on any atom is 0.224 e. The van der Waals surface area contributed by atoms with Gasteiger partial charge in [-0.3, -0.25) is 9.59 Å². The van der Waals surface area contributed by atoms with E-state index in [4.69, 9.17) is 5.73 Å². The van der Waals surface area contributed by atoms with E-state index in [2.05, 4.69) is 5.32 Å². The van der Waals surface area contributed by atoms with Crippen molar-refractivity contribution in [3.05, 3.63) is 23.8 Å². The average Bonchev–Trinajstić information content (AvgIpc) is 2.47. The number of likely N-dealkylation sites (tertiary alicyclic amines) is 1. The number of benzene rings is 1. The van der Waals surface area contributed by atoms with E-state index in [1.165, 1.54) is 13.3 Å². The average molecular weight is 289 g/mol. The van der Waals surface area contributed by atoms with E-state index in [0.29, 0.717) is 24.2 Å². The fraction of sp³-hybridized carbons (Fsp3) is 0.500. The first-order chi connectivity index (χ1) is 10.1. The van der Waals surface area contributed by atoms with E-state index >= 15 is 0 Å². The van der Waals surface area contributed by atoms with Crippen molar-refractivity contribution < 1.29 is 9.59 Å². The summed E-state index contributed by atoms with van der Waals surface area (Å²) in [5.74, 6) is 0.162. The van der Waals surface area contributed by atoms with E-state index < -0.39 is 0 Å². The van der Waals surface area contributed by atoms with Crippen LogP contribution in [0.4, 0.5) is 11.4 Å². The minimum atomic E-state index is -0.0423. The SMILES string of the molecule is CC(=O)c1ccc(NCCC(=O)N2CCCCC2)cc1N. The Hall–Kier alpha value is -2.04. The van der Waals surface area contributed by atoms with Crippen LogP contribution >= 0.6 is 0 Å². The van der Waals surface area contributed by atoms with Crippen LogP contribution in [0.1, 0.15) is 43.0 Å². The van der Waals surface area contributed by atoms with Gasteiger partial charge in [0, 0.05) is 43.0 Å². The number of nitrogens with zero attached hydrogens (tertiary/aromatic N) is 1. The molecule has 0 aromatic heterocycles. The molecule has 0 unspecified atom stereocenters. The number of piperidine rings is 1. The van der Waals surface area contributed by atoms with Crippen molar-refractivity contribution in [2.45, 2.75) is 32.6 Å². The predicted molar refractivity (Wildman–Crippen MR) is 84.4 cm³/mol. The number of Topliss-reactive ketones (excluding diaryl/α,β-unsaturated/α-hetero) is 1. The van der Waals surface area contributed by atoms with Gasteiger partial charge in [0.15, 0.2) is 5.78 Å². The van der Waals surface area contributed by atoms with Crippen molar-refractivity contribution in [2.24, 2.45) is 0 Å². The molecule has 1 aromatic rings. The van der Waals surface area contributed by atoms with Crippen LogP contribution in [0.25, 0.3) is 0 Å². The number of nitrogens with one attached hydrogen (secondary N) is 1. The molecule has 0 atom stereocenters. The van der Waals surface area contributed by atoms with Gasteiger partial charge in [-0.25, -0.2) is 0 Å². The zero-order valence-corrected chi connectivity index (χ0v) is 12.5. The lowest BCUT2D eigenvalue weighted by Gasteiger charge is -2.26. The van der Waals surface area contributed by atoms with Crippen LogP contribution in [0.3, 0.4) is 0 Å². The number of nitrogen functional groups attached to an aromatic ring is 1. The summed E-state index contributed by atoms with van der Waals surface area (Å²) in [6, 6.07) is 5.27. The van der Waals surface area contributed by atoms with Gasteiger partial charge >= 0.3 is 0 Å². The van der Waals surface area contributed by atoms with Crippen molar-refractivity contribution in [3.63, 3.8) is 0 Å². The van der Waals surface area contributed by atoms with E-state index in [1.54, 1.807) is 12.1 Å². The van der Waals surface area contributed by atoms with Gasteiger partial charge in [0.1, 0.15) is 0 Å². The fourth-order valence-electron chi connectivity index (χ4n) is 2.61. The molecule has 0 spiro atoms. The van der Waals surface area contributed by atoms with E-state index in [1.807, 2.05) is 11.0 Å². The molecule has 1 amide bonds. The zero-order chi connectivity index (χ0) is 15.2. The van der Waals surface area contributed by atoms with Crippen molar-refractivity contribution in [1.82, 2.24) is 4.90 Å². The molecular formula is C16H23N3O2. The van der Waals surface area contributed by atoms with Crippen LogP contribution < -0.4 is 11.1 Å². The topological polar surface area (TPSA) is 75.4 Å². The van der Waals surface area contributed by atoms with Crippen LogP contribution in [-0.2, 0) is 4.79 Å². The third kappa shape index (κ3) is 4.21. The Bertz CT molecular complexity index is 522. The Morgan fingerprint density at radius 3 is 2.57 bits per heavy atom. The van der Waals surface area contributed by atoms with Crippen LogP contribution in [0.15, 0.2) is 18.2 Å². The first-order valence-electron chi connectivity index (χ1n) is 7.50. The molecule has 1 aliphatic rings. The second kappa shape index (κ2) is 7.11. The maximum atomic E-state index is 12.0. The van der Waals surface area contributed by atoms with Crippen molar-refractivity contribution in [3.8, 4) is 0 Å². The molecule has 0 bridgehead atoms. The zero-order valence-electron chi connectivity index (χ0n) is 12.5. The Kier molecular flexibility index (Phi) is 5.20. The number of hydrogen-bond acceptors (Lipinski definition) is 4. The smallest absolute Gasteiger partial charge is 0.224 e. The molecule has 1 aliphatic heterocycles. The molecule has 1 saturated heterocycles. The Balaban J connectivity index is 1.81. The summed E-state index contributed by atoms with van der Waals surface area (Å²) in [7, 11) is 0. The van der Waals surface area contributed by atoms with Crippen LogP contribution in [0.2, 0.25) is 0 Å². The van der Waals surface area contributed by atoms with E-state index in [0.717, 1.165) is 31.6 Å². The van der Waals surface area contributed by atoms with Crippen molar-refractivity contribution >= 4 is 23.1 Å². The number of carbonyl (C=O) groups is 2. The highest BCUT2D eigenvalue weighted by atomic mass is 16.2. The molecule has 5 heteroatoms. The third-order valence-corrected chi connectivity index (χ3v) is 3.81. The summed E-state index contributed by atoms with van der Waals surface area (Å²) in [5.41, 5.74) is 7.67. The number of rotatable bonds is 5. The lowest BCUT2D eigenvalue weighted by Crippen LogP contribution is -2.36. The summed E-state index contributed by atoms with van der Waals surface area (Å²) in [6.07, 6.45) is 3.93. The number of ketones is 1. The number of hydrogen-bond donors (Lipinski definition) is 2. The summed E-state index contributed by atoms with van der Waals surface area (Å²) in [6.45, 7) is 3.85. The highest BCUT2D eigenvalue weighted by Crippen LogP contribution is 2.18. The Labute approximate surface area is 125 Å². The Morgan fingerprint density at radius 2 is 1.95 bits per heavy atom. The fourth-order valence-corrected chi connectivity index (χ4v) is 2.61. The molecule has 5 nitrogen and oxygen atoms in total. The van der Waals surface area contributed by atoms with Crippen LogP contribution in [0.5, 0.6) is 0 Å². The first-order valence-corrected chi connectivity index (χ1v) is 7.50. The molecule has 21 heavy (non-hydrogen) atoms. The monoisotopic (exact) mass is 289 g/mol. The van der Waals surface area contributed by atoms with Crippen LogP contribution in [0, 0.1) is 0 Å². The number of nitrogens with two attached hydrogens (primary N) is 1. The minimum absolute atomic E-state index is 0.0423. The molecule has 0 aliphatic carbocycles. The summed E-state index contributed by atoms with van der Waals surface area (Å²) in [5, 5.41) is 3.18. The molecule has 0 saturated carbocycles. The Morgan fingerprint density at radius 1 is 1.24 bits per heavy atom. The maximum absolute atomic E-state index is 12.0. The summed E-state index contributed by atoms with van der Waals surface area (Å²) in [4.78, 5) is 25.3. The quantitative estimate of drug-likeness (QED) is 0.644. The summed E-state index contributed by atoms with van der Waals surface area (Å²) < 4.78 is 0. The predicted octanol–water partition coefficient (Wildman–Crippen LogP) is 2.29. The largest absolute Gasteiger partial charge is 0.398 e. The lowest BCUT2D eigenvalue weighted by atomic mass is 10.1. The first kappa shape index (κ1) is 15.4. The minimum Gasteiger partial charge on any atom is -0.398 e. The molecule has 3 N–H and O–H groups in total. The molecule has 1 heterocycles. The van der Waals surface area contributed by atoms with Crippen LogP contribution in [-0.4, -0.2) is 36.2 Å².